The highest BCUT2D eigenvalue weighted by molar-refractivity contribution is 5.96. The predicted molar refractivity (Wildman–Crippen MR) is 248 cm³/mol. The number of amides is 4. The second-order valence-corrected chi connectivity index (χ2v) is 20.0. The van der Waals surface area contributed by atoms with Crippen LogP contribution in [0.3, 0.4) is 0 Å². The number of nitrogens with two attached hydrogens (primary N) is 1. The monoisotopic (exact) mass is 994 g/mol. The van der Waals surface area contributed by atoms with E-state index < -0.39 is 150 Å². The number of hydrogen-bond acceptors (Lipinski definition) is 17. The third-order valence-electron chi connectivity index (χ3n) is 15.6. The van der Waals surface area contributed by atoms with Crippen LogP contribution in [0, 0.1) is 21.6 Å². The first-order chi connectivity index (χ1) is 33.3. The number of hydrogen-bond donors (Lipinski definition) is 17. The zero-order chi connectivity index (χ0) is 52.3. The van der Waals surface area contributed by atoms with Crippen molar-refractivity contribution in [3.63, 3.8) is 0 Å². The van der Waals surface area contributed by atoms with E-state index in [9.17, 15) is 64.8 Å². The molecule has 0 bridgehead atoms. The Morgan fingerprint density at radius 3 is 2.11 bits per heavy atom. The molecule has 2 aromatic rings. The Labute approximate surface area is 408 Å². The molecule has 25 nitrogen and oxygen atoms in total. The molecular weight excluding hydrogens is 931 g/mol. The Bertz CT molecular complexity index is 2400. The summed E-state index contributed by atoms with van der Waals surface area (Å²) in [5.41, 5.74) is -2.49. The second kappa shape index (κ2) is 19.2. The lowest BCUT2D eigenvalue weighted by Crippen LogP contribution is -2.86. The first kappa shape index (κ1) is 52.8. The number of rotatable bonds is 19. The molecule has 25 heteroatoms. The molecule has 2 aromatic carbocycles. The van der Waals surface area contributed by atoms with Crippen LogP contribution in [0.15, 0.2) is 54.6 Å². The van der Waals surface area contributed by atoms with Crippen molar-refractivity contribution in [3.8, 4) is 5.75 Å². The number of fused-ring (bicyclic) bond motifs is 3. The molecular formula is C46H64N11O14. The van der Waals surface area contributed by atoms with Gasteiger partial charge in [-0.25, -0.2) is 0 Å². The number of phenolic OH excluding ortho intramolecular Hbond substituents is 1. The standard InChI is InChI=1S/C46H64N11O14/c1-21(23-9-7-6-8-10-23)30(47)36(65)52-26(15-22-11-13-25(61)14-12-22)35(64)55-31(32(62)27-16-50-40(48)54-27)37(66)53-28(20-60)38(67)56(24(18-58)19-59)29-17-51-41(49)57(29)39-45(69)43(4,5)46(45,70)44(68)34(71-39)33(63)42(44,2)3/h6-14,21,24,26-34,39,58,60-63,68-70H,15-18,20,47H2,1-5H3,(H2,49,51)(H,52,65)(H,53,66)(H,55,64)(H3,48,50,54)/t21?,24-,26-,27?,28-,29?,30-,31-,32?,33?,34?,39?,44?,45?,46?/m0/s1. The van der Waals surface area contributed by atoms with Gasteiger partial charge in [0.05, 0.1) is 37.9 Å². The van der Waals surface area contributed by atoms with E-state index in [1.165, 1.54) is 58.2 Å². The number of guanidine groups is 2. The molecule has 1 radical (unpaired) electrons. The maximum atomic E-state index is 14.8. The van der Waals surface area contributed by atoms with Crippen molar-refractivity contribution in [1.82, 2.24) is 41.7 Å². The van der Waals surface area contributed by atoms with E-state index in [1.807, 2.05) is 0 Å². The molecule has 3 saturated heterocycles. The van der Waals surface area contributed by atoms with Gasteiger partial charge in [0.15, 0.2) is 18.1 Å². The Kier molecular flexibility index (Phi) is 14.3. The number of nitrogens with zero attached hydrogens (tertiary/aromatic N) is 2. The van der Waals surface area contributed by atoms with Gasteiger partial charge in [-0.15, -0.1) is 0 Å². The molecule has 0 aromatic heterocycles. The number of carbonyl (C=O) groups excluding carboxylic acids is 5. The maximum Gasteiger partial charge on any atom is 0.249 e. The van der Waals surface area contributed by atoms with Crippen LogP contribution in [0.4, 0.5) is 0 Å². The van der Waals surface area contributed by atoms with Crippen LogP contribution in [0.1, 0.15) is 51.7 Å². The van der Waals surface area contributed by atoms with E-state index in [1.54, 1.807) is 37.3 Å². The number of aliphatic hydroxyl groups is 7. The third kappa shape index (κ3) is 8.21. The second-order valence-electron chi connectivity index (χ2n) is 20.0. The highest BCUT2D eigenvalue weighted by atomic mass is 16.6. The SMILES string of the molecule is CC(c1ccccc1)[C@H](N)C(=O)N[C@@H](Cc1ccc(O)cc1)C(=O)N[C@H](C(=O)N[C@@H](CO)C(=O)N(C1CNC(=N)N1C1OC2C(O)C(C)(C)C2(O)C2(O)C(C)(C)C12O)[C@H]([C]=O)CO)C(O)C1CNC(=N)N1. The summed E-state index contributed by atoms with van der Waals surface area (Å²) >= 11 is 0. The minimum Gasteiger partial charge on any atom is -0.508 e. The summed E-state index contributed by atoms with van der Waals surface area (Å²) in [7, 11) is 0. The van der Waals surface area contributed by atoms with Gasteiger partial charge in [-0.05, 0) is 23.3 Å². The fourth-order valence-electron chi connectivity index (χ4n) is 11.0. The number of nitrogens with one attached hydrogen (secondary N) is 8. The van der Waals surface area contributed by atoms with E-state index in [4.69, 9.17) is 21.3 Å². The highest BCUT2D eigenvalue weighted by Gasteiger charge is 3.00. The third-order valence-corrected chi connectivity index (χ3v) is 15.6. The van der Waals surface area contributed by atoms with Gasteiger partial charge in [0.1, 0.15) is 65.1 Å². The summed E-state index contributed by atoms with van der Waals surface area (Å²) in [4.78, 5) is 71.6. The Morgan fingerprint density at radius 1 is 0.901 bits per heavy atom. The van der Waals surface area contributed by atoms with Gasteiger partial charge < -0.3 is 88.1 Å². The molecule has 10 unspecified atom stereocenters. The van der Waals surface area contributed by atoms with Gasteiger partial charge in [0.2, 0.25) is 29.9 Å². The minimum absolute atomic E-state index is 0.0901. The van der Waals surface area contributed by atoms with Crippen LogP contribution < -0.4 is 37.6 Å². The molecule has 71 heavy (non-hydrogen) atoms. The van der Waals surface area contributed by atoms with Crippen LogP contribution in [0.5, 0.6) is 5.75 Å². The first-order valence-corrected chi connectivity index (χ1v) is 23.1. The van der Waals surface area contributed by atoms with Gasteiger partial charge in [0.25, 0.3) is 0 Å². The van der Waals surface area contributed by atoms with E-state index >= 15 is 0 Å². The quantitative estimate of drug-likeness (QED) is 0.0623. The zero-order valence-electron chi connectivity index (χ0n) is 39.7. The average molecular weight is 995 g/mol. The van der Waals surface area contributed by atoms with Crippen molar-refractivity contribution in [2.24, 2.45) is 16.6 Å². The fraction of sp³-hybridized carbons (Fsp3) is 0.587. The molecule has 18 N–H and O–H groups in total. The lowest BCUT2D eigenvalue weighted by atomic mass is 9.49. The number of carbonyl (C=O) groups is 4. The van der Waals surface area contributed by atoms with Gasteiger partial charge in [-0.3, -0.25) is 39.7 Å². The molecule has 5 aliphatic rings. The van der Waals surface area contributed by atoms with E-state index in [2.05, 4.69) is 31.9 Å². The summed E-state index contributed by atoms with van der Waals surface area (Å²) < 4.78 is 6.17. The molecule has 2 aliphatic carbocycles. The van der Waals surface area contributed by atoms with Crippen molar-refractivity contribution in [2.45, 2.75) is 131 Å². The van der Waals surface area contributed by atoms with Crippen molar-refractivity contribution < 1.29 is 69.6 Å². The van der Waals surface area contributed by atoms with Crippen LogP contribution in [0.2, 0.25) is 0 Å². The number of phenols is 1. The summed E-state index contributed by atoms with van der Waals surface area (Å²) in [6.45, 7) is 4.63. The van der Waals surface area contributed by atoms with E-state index in [-0.39, 0.29) is 24.7 Å². The van der Waals surface area contributed by atoms with Crippen molar-refractivity contribution in [2.75, 3.05) is 26.3 Å². The van der Waals surface area contributed by atoms with Gasteiger partial charge >= 0.3 is 0 Å². The number of ether oxygens (including phenoxy) is 1. The zero-order valence-corrected chi connectivity index (χ0v) is 39.7. The Balaban J connectivity index is 1.17. The van der Waals surface area contributed by atoms with Crippen molar-refractivity contribution in [1.29, 1.82) is 10.8 Å². The molecule has 0 spiro atoms. The highest BCUT2D eigenvalue weighted by Crippen LogP contribution is 2.80. The minimum atomic E-state index is -2.43. The first-order valence-electron chi connectivity index (χ1n) is 23.1. The maximum absolute atomic E-state index is 14.8. The smallest absolute Gasteiger partial charge is 0.249 e. The molecule has 3 aliphatic heterocycles. The van der Waals surface area contributed by atoms with Crippen LogP contribution in [-0.4, -0.2) is 203 Å². The van der Waals surface area contributed by atoms with Crippen LogP contribution >= 0.6 is 0 Å². The Hall–Kier alpha value is -6.03. The lowest BCUT2D eigenvalue weighted by molar-refractivity contribution is -0.406. The summed E-state index contributed by atoms with van der Waals surface area (Å²) in [5, 5.41) is 123. The predicted octanol–water partition coefficient (Wildman–Crippen LogP) is -5.81. The summed E-state index contributed by atoms with van der Waals surface area (Å²) in [6, 6.07) is 4.74. The largest absolute Gasteiger partial charge is 0.508 e. The Morgan fingerprint density at radius 2 is 1.54 bits per heavy atom. The van der Waals surface area contributed by atoms with Crippen molar-refractivity contribution >= 4 is 41.8 Å². The van der Waals surface area contributed by atoms with Crippen LogP contribution in [0.25, 0.3) is 0 Å². The van der Waals surface area contributed by atoms with E-state index in [0.29, 0.717) is 10.5 Å². The molecule has 4 amide bonds. The average Bonchev–Trinajstić information content (AvgIpc) is 3.77. The lowest BCUT2D eigenvalue weighted by Gasteiger charge is -2.67. The molecule has 387 valence electrons. The molecule has 7 rings (SSSR count). The number of aliphatic hydroxyl groups excluding tert-OH is 4. The van der Waals surface area contributed by atoms with E-state index in [0.717, 1.165) is 10.5 Å². The summed E-state index contributed by atoms with van der Waals surface area (Å²) in [5.74, 6) is -5.81. The normalized spacial score (nSPS) is 31.7. The van der Waals surface area contributed by atoms with Gasteiger partial charge in [-0.2, -0.15) is 0 Å². The molecule has 2 saturated carbocycles. The number of aromatic hydroxyl groups is 1. The number of benzene rings is 2. The molecule has 5 fully saturated rings. The fourth-order valence-corrected chi connectivity index (χ4v) is 11.0. The molecule has 3 heterocycles. The molecule has 15 atom stereocenters. The van der Waals surface area contributed by atoms with Crippen molar-refractivity contribution in [3.05, 3.63) is 65.7 Å². The van der Waals surface area contributed by atoms with Crippen LogP contribution in [-0.2, 0) is 35.1 Å². The van der Waals surface area contributed by atoms with Gasteiger partial charge in [-0.1, -0.05) is 77.1 Å². The summed E-state index contributed by atoms with van der Waals surface area (Å²) in [6.07, 6.45) is -7.00. The topological polar surface area (TPSA) is 409 Å². The van der Waals surface area contributed by atoms with Gasteiger partial charge in [0, 0.05) is 29.7 Å².